The molecule has 114 valence electrons. The molecule has 21 heavy (non-hydrogen) atoms. The number of rotatable bonds is 3. The number of piperidine rings is 1. The molecule has 0 aromatic heterocycles. The molecule has 4 heteroatoms. The number of amides is 1. The largest absolute Gasteiger partial charge is 0.382 e. The van der Waals surface area contributed by atoms with E-state index in [0.717, 1.165) is 28.9 Å². The van der Waals surface area contributed by atoms with Gasteiger partial charge in [0.05, 0.1) is 0 Å². The second-order valence-electron chi connectivity index (χ2n) is 6.42. The van der Waals surface area contributed by atoms with Gasteiger partial charge in [0, 0.05) is 36.4 Å². The van der Waals surface area contributed by atoms with Gasteiger partial charge in [-0.25, -0.2) is 0 Å². The first-order chi connectivity index (χ1) is 10.1. The van der Waals surface area contributed by atoms with Crippen molar-refractivity contribution in [3.63, 3.8) is 0 Å². The van der Waals surface area contributed by atoms with Gasteiger partial charge in [-0.1, -0.05) is 6.07 Å². The summed E-state index contributed by atoms with van der Waals surface area (Å²) in [4.78, 5) is 14.4. The molecule has 2 bridgehead atoms. The van der Waals surface area contributed by atoms with Crippen molar-refractivity contribution in [2.45, 2.75) is 50.7 Å². The lowest BCUT2D eigenvalue weighted by Crippen LogP contribution is -2.44. The smallest absolute Gasteiger partial charge is 0.251 e. The minimum Gasteiger partial charge on any atom is -0.382 e. The Kier molecular flexibility index (Phi) is 3.89. The predicted octanol–water partition coefficient (Wildman–Crippen LogP) is 2.39. The van der Waals surface area contributed by atoms with Crippen molar-refractivity contribution in [1.82, 2.24) is 10.2 Å². The van der Waals surface area contributed by atoms with Gasteiger partial charge < -0.3 is 15.5 Å². The molecular weight excluding hydrogens is 262 g/mol. The Labute approximate surface area is 126 Å². The van der Waals surface area contributed by atoms with Crippen molar-refractivity contribution in [1.29, 1.82) is 0 Å². The SMILES string of the molecule is CNC(=O)c1cccc(NC2CC3CCC(C2)N3C)c1C. The third-order valence-corrected chi connectivity index (χ3v) is 5.26. The first kappa shape index (κ1) is 14.4. The molecule has 0 radical (unpaired) electrons. The molecule has 0 spiro atoms. The van der Waals surface area contributed by atoms with Crippen LogP contribution < -0.4 is 10.6 Å². The van der Waals surface area contributed by atoms with Crippen molar-refractivity contribution in [3.05, 3.63) is 29.3 Å². The molecule has 2 aliphatic heterocycles. The van der Waals surface area contributed by atoms with Gasteiger partial charge in [0.25, 0.3) is 5.91 Å². The second-order valence-corrected chi connectivity index (χ2v) is 6.42. The number of anilines is 1. The van der Waals surface area contributed by atoms with E-state index in [1.165, 1.54) is 25.7 Å². The van der Waals surface area contributed by atoms with E-state index >= 15 is 0 Å². The third kappa shape index (κ3) is 2.64. The number of hydrogen-bond acceptors (Lipinski definition) is 3. The van der Waals surface area contributed by atoms with Crippen LogP contribution in [0.4, 0.5) is 5.69 Å². The number of nitrogens with zero attached hydrogens (tertiary/aromatic N) is 1. The van der Waals surface area contributed by atoms with Crippen molar-refractivity contribution in [2.24, 2.45) is 0 Å². The van der Waals surface area contributed by atoms with Crippen molar-refractivity contribution in [2.75, 3.05) is 19.4 Å². The Balaban J connectivity index is 1.75. The van der Waals surface area contributed by atoms with E-state index in [1.807, 2.05) is 19.1 Å². The van der Waals surface area contributed by atoms with Crippen molar-refractivity contribution in [3.8, 4) is 0 Å². The lowest BCUT2D eigenvalue weighted by Gasteiger charge is -2.37. The summed E-state index contributed by atoms with van der Waals surface area (Å²) in [5, 5.41) is 6.39. The Morgan fingerprint density at radius 3 is 2.52 bits per heavy atom. The van der Waals surface area contributed by atoms with Gasteiger partial charge in [-0.3, -0.25) is 4.79 Å². The highest BCUT2D eigenvalue weighted by atomic mass is 16.1. The average Bonchev–Trinajstić information content (AvgIpc) is 2.71. The number of hydrogen-bond donors (Lipinski definition) is 2. The minimum atomic E-state index is -0.0143. The summed E-state index contributed by atoms with van der Waals surface area (Å²) in [5.41, 5.74) is 2.91. The highest BCUT2D eigenvalue weighted by molar-refractivity contribution is 5.96. The van der Waals surface area contributed by atoms with E-state index in [2.05, 4.69) is 28.6 Å². The van der Waals surface area contributed by atoms with Crippen molar-refractivity contribution >= 4 is 11.6 Å². The third-order valence-electron chi connectivity index (χ3n) is 5.26. The Morgan fingerprint density at radius 1 is 1.24 bits per heavy atom. The van der Waals surface area contributed by atoms with Crippen LogP contribution >= 0.6 is 0 Å². The molecule has 2 heterocycles. The maximum Gasteiger partial charge on any atom is 0.251 e. The van der Waals surface area contributed by atoms with Gasteiger partial charge in [0.1, 0.15) is 0 Å². The molecule has 1 aromatic carbocycles. The van der Waals surface area contributed by atoms with Crippen LogP contribution in [0, 0.1) is 6.92 Å². The van der Waals surface area contributed by atoms with E-state index in [9.17, 15) is 4.79 Å². The fraction of sp³-hybridized carbons (Fsp3) is 0.588. The van der Waals surface area contributed by atoms with Gasteiger partial charge in [-0.05, 0) is 57.4 Å². The van der Waals surface area contributed by atoms with E-state index in [1.54, 1.807) is 7.05 Å². The topological polar surface area (TPSA) is 44.4 Å². The number of nitrogens with one attached hydrogen (secondary N) is 2. The summed E-state index contributed by atoms with van der Waals surface area (Å²) >= 11 is 0. The average molecular weight is 287 g/mol. The summed E-state index contributed by atoms with van der Waals surface area (Å²) in [6.07, 6.45) is 5.07. The molecule has 2 unspecified atom stereocenters. The molecule has 0 saturated carbocycles. The minimum absolute atomic E-state index is 0.0143. The standard InChI is InChI=1S/C17H25N3O/c1-11-15(17(21)18-2)5-4-6-16(11)19-12-9-13-7-8-14(10-12)20(13)3/h4-6,12-14,19H,7-10H2,1-3H3,(H,18,21). The molecule has 2 saturated heterocycles. The zero-order chi connectivity index (χ0) is 15.0. The number of fused-ring (bicyclic) bond motifs is 2. The van der Waals surface area contributed by atoms with Crippen LogP contribution in [0.5, 0.6) is 0 Å². The maximum absolute atomic E-state index is 11.9. The van der Waals surface area contributed by atoms with Crippen LogP contribution in [0.2, 0.25) is 0 Å². The van der Waals surface area contributed by atoms with Gasteiger partial charge >= 0.3 is 0 Å². The molecule has 1 aromatic rings. The molecule has 3 rings (SSSR count). The van der Waals surface area contributed by atoms with Crippen LogP contribution in [0.15, 0.2) is 18.2 Å². The Morgan fingerprint density at radius 2 is 1.90 bits per heavy atom. The normalized spacial score (nSPS) is 28.4. The summed E-state index contributed by atoms with van der Waals surface area (Å²) in [5.74, 6) is -0.0143. The number of carbonyl (C=O) groups excluding carboxylic acids is 1. The van der Waals surface area contributed by atoms with E-state index in [4.69, 9.17) is 0 Å². The summed E-state index contributed by atoms with van der Waals surface area (Å²) in [6, 6.07) is 7.91. The van der Waals surface area contributed by atoms with Gasteiger partial charge in [0.2, 0.25) is 0 Å². The highest BCUT2D eigenvalue weighted by Gasteiger charge is 2.38. The molecule has 1 amide bonds. The van der Waals surface area contributed by atoms with Crippen LogP contribution in [0.25, 0.3) is 0 Å². The Bertz CT molecular complexity index is 529. The quantitative estimate of drug-likeness (QED) is 0.897. The molecule has 2 N–H and O–H groups in total. The van der Waals surface area contributed by atoms with Gasteiger partial charge in [-0.2, -0.15) is 0 Å². The maximum atomic E-state index is 11.9. The predicted molar refractivity (Wildman–Crippen MR) is 85.8 cm³/mol. The number of benzene rings is 1. The van der Waals surface area contributed by atoms with E-state index in [-0.39, 0.29) is 5.91 Å². The van der Waals surface area contributed by atoms with Crippen LogP contribution in [0.3, 0.4) is 0 Å². The first-order valence-corrected chi connectivity index (χ1v) is 7.90. The lowest BCUT2D eigenvalue weighted by atomic mass is 9.97. The first-order valence-electron chi connectivity index (χ1n) is 7.90. The lowest BCUT2D eigenvalue weighted by molar-refractivity contribution is 0.0962. The van der Waals surface area contributed by atoms with Crippen LogP contribution in [-0.4, -0.2) is 43.0 Å². The summed E-state index contributed by atoms with van der Waals surface area (Å²) in [6.45, 7) is 2.02. The number of carbonyl (C=O) groups is 1. The second kappa shape index (κ2) is 5.68. The molecule has 2 atom stereocenters. The molecule has 2 aliphatic rings. The zero-order valence-corrected chi connectivity index (χ0v) is 13.1. The molecule has 0 aliphatic carbocycles. The highest BCUT2D eigenvalue weighted by Crippen LogP contribution is 2.35. The molecular formula is C17H25N3O. The zero-order valence-electron chi connectivity index (χ0n) is 13.1. The summed E-state index contributed by atoms with van der Waals surface area (Å²) < 4.78 is 0. The Hall–Kier alpha value is -1.55. The summed E-state index contributed by atoms with van der Waals surface area (Å²) in [7, 11) is 3.94. The van der Waals surface area contributed by atoms with Crippen LogP contribution in [0.1, 0.15) is 41.6 Å². The van der Waals surface area contributed by atoms with E-state index in [0.29, 0.717) is 6.04 Å². The molecule has 2 fully saturated rings. The van der Waals surface area contributed by atoms with Gasteiger partial charge in [0.15, 0.2) is 0 Å². The fourth-order valence-electron chi connectivity index (χ4n) is 3.92. The molecule has 4 nitrogen and oxygen atoms in total. The van der Waals surface area contributed by atoms with E-state index < -0.39 is 0 Å². The monoisotopic (exact) mass is 287 g/mol. The van der Waals surface area contributed by atoms with Gasteiger partial charge in [-0.15, -0.1) is 0 Å². The fourth-order valence-corrected chi connectivity index (χ4v) is 3.92. The van der Waals surface area contributed by atoms with Crippen molar-refractivity contribution < 1.29 is 4.79 Å². The van der Waals surface area contributed by atoms with Crippen LogP contribution in [-0.2, 0) is 0 Å².